The third-order valence-electron chi connectivity index (χ3n) is 11.6. The molecule has 6 rings (SSSR count). The van der Waals surface area contributed by atoms with Crippen LogP contribution in [-0.4, -0.2) is 84.3 Å². The zero-order valence-corrected chi connectivity index (χ0v) is 30.0. The van der Waals surface area contributed by atoms with Crippen molar-refractivity contribution < 1.29 is 30.5 Å². The summed E-state index contributed by atoms with van der Waals surface area (Å²) in [7, 11) is -3.98. The van der Waals surface area contributed by atoms with Gasteiger partial charge in [-0.3, -0.25) is 13.3 Å². The Morgan fingerprint density at radius 3 is 2.38 bits per heavy atom. The lowest BCUT2D eigenvalue weighted by molar-refractivity contribution is -0.572. The van der Waals surface area contributed by atoms with Gasteiger partial charge in [0.25, 0.3) is 10.1 Å². The molecule has 0 bridgehead atoms. The molecule has 254 valence electrons. The zero-order valence-electron chi connectivity index (χ0n) is 26.8. The number of nitrogens with zero attached hydrogens (tertiary/aromatic N) is 2. The first kappa shape index (κ1) is 34.5. The molecule has 2 heterocycles. The summed E-state index contributed by atoms with van der Waals surface area (Å²) in [4.78, 5) is 2.63. The Morgan fingerprint density at radius 2 is 1.67 bits per heavy atom. The van der Waals surface area contributed by atoms with Crippen LogP contribution in [0.25, 0.3) is 0 Å². The van der Waals surface area contributed by atoms with Gasteiger partial charge in [-0.1, -0.05) is 39.0 Å². The van der Waals surface area contributed by atoms with Crippen molar-refractivity contribution in [2.45, 2.75) is 126 Å². The second kappa shape index (κ2) is 15.5. The summed E-state index contributed by atoms with van der Waals surface area (Å²) in [5.41, 5.74) is 1.30. The lowest BCUT2D eigenvalue weighted by atomic mass is 9.68. The van der Waals surface area contributed by atoms with Gasteiger partial charge in [-0.2, -0.15) is 12.6 Å². The maximum absolute atomic E-state index is 11.6. The molecule has 6 aliphatic rings. The molecule has 8 nitrogen and oxygen atoms in total. The Hall–Kier alpha value is -0.370. The first-order chi connectivity index (χ1) is 21.7. The average molecular weight is 702 g/mol. The molecule has 2 aliphatic heterocycles. The van der Waals surface area contributed by atoms with Crippen molar-refractivity contribution >= 4 is 50.0 Å². The molecule has 45 heavy (non-hydrogen) atoms. The van der Waals surface area contributed by atoms with Gasteiger partial charge in [0.1, 0.15) is 6.54 Å². The summed E-state index contributed by atoms with van der Waals surface area (Å²) in [6, 6.07) is 0.975. The number of hydrogen-bond donors (Lipinski definition) is 2. The van der Waals surface area contributed by atoms with E-state index in [1.165, 1.54) is 92.7 Å². The first-order valence-electron chi connectivity index (χ1n) is 17.6. The second-order valence-electron chi connectivity index (χ2n) is 14.2. The summed E-state index contributed by atoms with van der Waals surface area (Å²) < 4.78 is 60.6. The SMILES string of the molecule is CCC(=CC1=[N+](CCCS(=O)(=O)O)C2C(CCC3CCCCC32)S1)C=C1SC2CCC3CCCCC3C2N1CCCOS(=O)O. The molecule has 4 aliphatic carbocycles. The first-order valence-corrected chi connectivity index (χ1v) is 22.0. The number of fused-ring (bicyclic) bond motifs is 6. The lowest BCUT2D eigenvalue weighted by Crippen LogP contribution is -2.48. The minimum atomic E-state index is -3.98. The third kappa shape index (κ3) is 8.27. The van der Waals surface area contributed by atoms with Gasteiger partial charge < -0.3 is 4.90 Å². The van der Waals surface area contributed by atoms with E-state index < -0.39 is 21.5 Å². The molecule has 0 amide bonds. The van der Waals surface area contributed by atoms with Crippen molar-refractivity contribution in [3.8, 4) is 0 Å². The van der Waals surface area contributed by atoms with E-state index in [1.54, 1.807) is 0 Å². The summed E-state index contributed by atoms with van der Waals surface area (Å²) in [6.07, 6.45) is 22.6. The van der Waals surface area contributed by atoms with Crippen molar-refractivity contribution in [1.29, 1.82) is 0 Å². The molecule has 0 radical (unpaired) electrons. The van der Waals surface area contributed by atoms with E-state index in [0.717, 1.165) is 37.1 Å². The standard InChI is InChI=1S/C33H52N2O6S4/c1-2-23(21-30-34(17-7-19-41-44(36)37)32-26-11-5-3-9-24(26)13-15-28(32)42-30)22-31-35(18-8-20-45(38,39)40)33-27-12-6-4-10-25(27)14-16-29(33)43-31/h21-22,24-29,32-33H,2-20H2,1H3,(H-,36,37,38,39,40)/p+1. The summed E-state index contributed by atoms with van der Waals surface area (Å²) in [5, 5.41) is 3.75. The maximum atomic E-state index is 11.6. The van der Waals surface area contributed by atoms with Crippen molar-refractivity contribution in [1.82, 2.24) is 4.90 Å². The van der Waals surface area contributed by atoms with Crippen molar-refractivity contribution in [3.05, 3.63) is 22.8 Å². The van der Waals surface area contributed by atoms with Gasteiger partial charge in [0.05, 0.1) is 22.6 Å². The average Bonchev–Trinajstić information content (AvgIpc) is 3.55. The molecule has 0 aromatic carbocycles. The highest BCUT2D eigenvalue weighted by Crippen LogP contribution is 2.53. The summed E-state index contributed by atoms with van der Waals surface area (Å²) >= 11 is 1.83. The topological polar surface area (TPSA) is 107 Å². The Labute approximate surface area is 281 Å². The van der Waals surface area contributed by atoms with Gasteiger partial charge in [0.15, 0.2) is 6.04 Å². The maximum Gasteiger partial charge on any atom is 0.301 e. The van der Waals surface area contributed by atoms with Gasteiger partial charge in [-0.25, -0.2) is 4.58 Å². The van der Waals surface area contributed by atoms with Crippen LogP contribution < -0.4 is 0 Å². The molecule has 0 aromatic rings. The van der Waals surface area contributed by atoms with Crippen LogP contribution in [0.1, 0.15) is 103 Å². The van der Waals surface area contributed by atoms with Crippen LogP contribution in [0.3, 0.4) is 0 Å². The van der Waals surface area contributed by atoms with E-state index in [0.29, 0.717) is 41.5 Å². The molecule has 2 N–H and O–H groups in total. The number of thioether (sulfide) groups is 2. The predicted molar refractivity (Wildman–Crippen MR) is 185 cm³/mol. The van der Waals surface area contributed by atoms with Gasteiger partial charge >= 0.3 is 11.4 Å². The molecule has 5 fully saturated rings. The van der Waals surface area contributed by atoms with Gasteiger partial charge in [0, 0.05) is 36.3 Å². The van der Waals surface area contributed by atoms with Gasteiger partial charge in [-0.15, -0.1) is 11.8 Å². The minimum Gasteiger partial charge on any atom is -0.362 e. The molecule has 1 saturated heterocycles. The highest BCUT2D eigenvalue weighted by molar-refractivity contribution is 8.14. The monoisotopic (exact) mass is 701 g/mol. The molecular weight excluding hydrogens is 649 g/mol. The number of rotatable bonds is 12. The van der Waals surface area contributed by atoms with Crippen LogP contribution in [0.2, 0.25) is 0 Å². The third-order valence-corrected chi connectivity index (χ3v) is 15.6. The Balaban J connectivity index is 1.29. The summed E-state index contributed by atoms with van der Waals surface area (Å²) in [5.74, 6) is 2.81. The molecular formula is C33H53N2O6S4+. The lowest BCUT2D eigenvalue weighted by Gasteiger charge is -2.45. The van der Waals surface area contributed by atoms with E-state index in [4.69, 9.17) is 8.74 Å². The van der Waals surface area contributed by atoms with E-state index >= 15 is 0 Å². The van der Waals surface area contributed by atoms with Crippen LogP contribution in [0.5, 0.6) is 0 Å². The summed E-state index contributed by atoms with van der Waals surface area (Å²) in [6.45, 7) is 4.00. The fourth-order valence-electron chi connectivity index (χ4n) is 9.70. The largest absolute Gasteiger partial charge is 0.362 e. The van der Waals surface area contributed by atoms with Crippen LogP contribution in [0.15, 0.2) is 22.8 Å². The number of hydrogen-bond acceptors (Lipinski definition) is 7. The highest BCUT2D eigenvalue weighted by Gasteiger charge is 2.52. The molecule has 0 aromatic heterocycles. The van der Waals surface area contributed by atoms with Crippen LogP contribution >= 0.6 is 23.5 Å². The fourth-order valence-corrected chi connectivity index (χ4v) is 13.7. The fraction of sp³-hybridized carbons (Fsp3) is 0.848. The smallest absolute Gasteiger partial charge is 0.301 e. The van der Waals surface area contributed by atoms with Crippen molar-refractivity contribution in [3.63, 3.8) is 0 Å². The second-order valence-corrected chi connectivity index (χ2v) is 18.9. The van der Waals surface area contributed by atoms with E-state index in [2.05, 4.69) is 28.6 Å². The highest BCUT2D eigenvalue weighted by atomic mass is 32.2. The van der Waals surface area contributed by atoms with Gasteiger partial charge in [0.2, 0.25) is 5.04 Å². The van der Waals surface area contributed by atoms with E-state index in [9.17, 15) is 17.2 Å². The van der Waals surface area contributed by atoms with E-state index in [1.807, 2.05) is 23.5 Å². The quantitative estimate of drug-likeness (QED) is 0.0976. The van der Waals surface area contributed by atoms with Crippen LogP contribution in [-0.2, 0) is 25.7 Å². The molecule has 12 heteroatoms. The predicted octanol–water partition coefficient (Wildman–Crippen LogP) is 6.87. The van der Waals surface area contributed by atoms with Crippen LogP contribution in [0.4, 0.5) is 0 Å². The number of allylic oxidation sites excluding steroid dienone is 2. The Morgan fingerprint density at radius 1 is 0.978 bits per heavy atom. The minimum absolute atomic E-state index is 0.189. The Bertz CT molecular complexity index is 1290. The molecule has 0 spiro atoms. The molecule has 4 saturated carbocycles. The Kier molecular flexibility index (Phi) is 11.8. The zero-order chi connectivity index (χ0) is 31.6. The van der Waals surface area contributed by atoms with Crippen LogP contribution in [0, 0.1) is 23.7 Å². The van der Waals surface area contributed by atoms with E-state index in [-0.39, 0.29) is 12.4 Å². The van der Waals surface area contributed by atoms with Crippen molar-refractivity contribution in [2.75, 3.05) is 25.4 Å². The molecule has 9 unspecified atom stereocenters. The van der Waals surface area contributed by atoms with Gasteiger partial charge in [-0.05, 0) is 99.0 Å². The van der Waals surface area contributed by atoms with Crippen molar-refractivity contribution in [2.24, 2.45) is 23.7 Å². The normalized spacial score (nSPS) is 36.9. The molecule has 9 atom stereocenters.